The summed E-state index contributed by atoms with van der Waals surface area (Å²) in [4.78, 5) is 10.3. The molecule has 0 heterocycles. The minimum absolute atomic E-state index is 0.0370. The van der Waals surface area contributed by atoms with Crippen LogP contribution in [0.2, 0.25) is 0 Å². The largest absolute Gasteiger partial charge is 0.293 e. The fourth-order valence-corrected chi connectivity index (χ4v) is 2.07. The Morgan fingerprint density at radius 2 is 1.94 bits per heavy atom. The van der Waals surface area contributed by atoms with Crippen LogP contribution in [0.1, 0.15) is 5.56 Å². The van der Waals surface area contributed by atoms with Crippen molar-refractivity contribution in [3.05, 3.63) is 32.3 Å². The minimum Gasteiger partial charge on any atom is -0.267 e. The number of hydrogen-bond donors (Lipinski definition) is 0. The molecule has 0 saturated heterocycles. The van der Waals surface area contributed by atoms with Gasteiger partial charge in [-0.3, -0.25) is 14.4 Å². The molecule has 1 aromatic rings. The minimum atomic E-state index is -3.53. The first kappa shape index (κ1) is 13.9. The lowest BCUT2D eigenvalue weighted by Gasteiger charge is -2.17. The molecule has 0 radical (unpaired) electrons. The molecule has 0 spiro atoms. The molecule has 17 heavy (non-hydrogen) atoms. The van der Waals surface area contributed by atoms with E-state index in [1.54, 1.807) is 6.92 Å². The Morgan fingerprint density at radius 1 is 1.41 bits per heavy atom. The van der Waals surface area contributed by atoms with Gasteiger partial charge in [0.15, 0.2) is 0 Å². The predicted octanol–water partition coefficient (Wildman–Crippen LogP) is 2.06. The number of benzene rings is 1. The maximum atomic E-state index is 11.4. The molecule has 0 unspecified atom stereocenters. The van der Waals surface area contributed by atoms with Crippen molar-refractivity contribution in [2.24, 2.45) is 0 Å². The zero-order valence-corrected chi connectivity index (χ0v) is 11.9. The SMILES string of the molecule is Cc1cc([N+](=O)[O-])c(N(C)S(C)(=O)=O)cc1Br. The fourth-order valence-electron chi connectivity index (χ4n) is 1.23. The molecule has 0 aliphatic heterocycles. The number of nitro groups is 1. The molecule has 0 aromatic heterocycles. The van der Waals surface area contributed by atoms with Crippen molar-refractivity contribution < 1.29 is 13.3 Å². The van der Waals surface area contributed by atoms with Crippen LogP contribution in [-0.4, -0.2) is 26.6 Å². The standard InChI is InChI=1S/C9H11BrN2O4S/c1-6-4-9(12(13)14)8(5-7(6)10)11(2)17(3,15)16/h4-5H,1-3H3. The van der Waals surface area contributed by atoms with Crippen molar-refractivity contribution >= 4 is 37.3 Å². The van der Waals surface area contributed by atoms with Gasteiger partial charge in [-0.25, -0.2) is 8.42 Å². The second-order valence-corrected chi connectivity index (χ2v) is 6.45. The molecule has 0 fully saturated rings. The van der Waals surface area contributed by atoms with Crippen molar-refractivity contribution in [1.29, 1.82) is 0 Å². The zero-order chi connectivity index (χ0) is 13.4. The number of aryl methyl sites for hydroxylation is 1. The molecule has 0 bridgehead atoms. The maximum absolute atomic E-state index is 11.4. The Bertz CT molecular complexity index is 571. The second-order valence-electron chi connectivity index (χ2n) is 3.58. The Kier molecular flexibility index (Phi) is 3.78. The first-order valence-corrected chi connectivity index (χ1v) is 7.17. The topological polar surface area (TPSA) is 80.5 Å². The van der Waals surface area contributed by atoms with E-state index in [0.29, 0.717) is 10.0 Å². The normalized spacial score (nSPS) is 11.3. The lowest BCUT2D eigenvalue weighted by Crippen LogP contribution is -2.25. The Hall–Kier alpha value is -1.15. The van der Waals surface area contributed by atoms with Gasteiger partial charge in [-0.2, -0.15) is 0 Å². The van der Waals surface area contributed by atoms with E-state index < -0.39 is 14.9 Å². The van der Waals surface area contributed by atoms with Gasteiger partial charge in [0.25, 0.3) is 5.69 Å². The van der Waals surface area contributed by atoms with E-state index in [9.17, 15) is 18.5 Å². The van der Waals surface area contributed by atoms with Gasteiger partial charge >= 0.3 is 0 Å². The van der Waals surface area contributed by atoms with E-state index in [1.807, 2.05) is 0 Å². The van der Waals surface area contributed by atoms with Crippen LogP contribution < -0.4 is 4.31 Å². The third-order valence-electron chi connectivity index (χ3n) is 2.29. The van der Waals surface area contributed by atoms with E-state index in [2.05, 4.69) is 15.9 Å². The molecule has 0 atom stereocenters. The number of nitrogens with zero attached hydrogens (tertiary/aromatic N) is 2. The summed E-state index contributed by atoms with van der Waals surface area (Å²) in [5, 5.41) is 10.9. The van der Waals surface area contributed by atoms with Gasteiger partial charge in [-0.15, -0.1) is 0 Å². The molecular weight excluding hydrogens is 312 g/mol. The zero-order valence-electron chi connectivity index (χ0n) is 9.47. The van der Waals surface area contributed by atoms with E-state index in [0.717, 1.165) is 10.6 Å². The molecule has 0 aliphatic carbocycles. The third kappa shape index (κ3) is 2.95. The van der Waals surface area contributed by atoms with Crippen LogP contribution >= 0.6 is 15.9 Å². The average molecular weight is 323 g/mol. The van der Waals surface area contributed by atoms with E-state index in [-0.39, 0.29) is 11.4 Å². The summed E-state index contributed by atoms with van der Waals surface area (Å²) >= 11 is 3.22. The molecule has 1 rings (SSSR count). The predicted molar refractivity (Wildman–Crippen MR) is 68.8 cm³/mol. The first-order valence-electron chi connectivity index (χ1n) is 4.53. The monoisotopic (exact) mass is 322 g/mol. The molecule has 0 saturated carbocycles. The van der Waals surface area contributed by atoms with Crippen molar-refractivity contribution in [2.75, 3.05) is 17.6 Å². The summed E-state index contributed by atoms with van der Waals surface area (Å²) in [6.07, 6.45) is 0.991. The van der Waals surface area contributed by atoms with E-state index >= 15 is 0 Å². The molecule has 6 nitrogen and oxygen atoms in total. The molecule has 1 aromatic carbocycles. The number of sulfonamides is 1. The van der Waals surface area contributed by atoms with Gasteiger partial charge in [-0.1, -0.05) is 15.9 Å². The van der Waals surface area contributed by atoms with Crippen LogP contribution in [0.4, 0.5) is 11.4 Å². The Balaban J connectivity index is 3.52. The molecule has 94 valence electrons. The molecule has 0 N–H and O–H groups in total. The molecule has 8 heteroatoms. The maximum Gasteiger partial charge on any atom is 0.293 e. The smallest absolute Gasteiger partial charge is 0.267 e. The lowest BCUT2D eigenvalue weighted by molar-refractivity contribution is -0.384. The highest BCUT2D eigenvalue weighted by atomic mass is 79.9. The van der Waals surface area contributed by atoms with Crippen molar-refractivity contribution in [1.82, 2.24) is 0 Å². The number of hydrogen-bond acceptors (Lipinski definition) is 4. The quantitative estimate of drug-likeness (QED) is 0.630. The van der Waals surface area contributed by atoms with Gasteiger partial charge in [0.05, 0.1) is 11.2 Å². The average Bonchev–Trinajstić information content (AvgIpc) is 2.18. The van der Waals surface area contributed by atoms with Gasteiger partial charge in [0.2, 0.25) is 10.0 Å². The van der Waals surface area contributed by atoms with Crippen LogP contribution in [0.15, 0.2) is 16.6 Å². The highest BCUT2D eigenvalue weighted by Gasteiger charge is 2.23. The summed E-state index contributed by atoms with van der Waals surface area (Å²) in [6, 6.07) is 2.76. The Labute approximate surface area is 108 Å². The van der Waals surface area contributed by atoms with Gasteiger partial charge in [0, 0.05) is 17.6 Å². The number of anilines is 1. The summed E-state index contributed by atoms with van der Waals surface area (Å²) < 4.78 is 24.3. The van der Waals surface area contributed by atoms with E-state index in [4.69, 9.17) is 0 Å². The van der Waals surface area contributed by atoms with Crippen LogP contribution in [0, 0.1) is 17.0 Å². The summed E-state index contributed by atoms with van der Waals surface area (Å²) in [6.45, 7) is 1.70. The fraction of sp³-hybridized carbons (Fsp3) is 0.333. The van der Waals surface area contributed by atoms with Crippen LogP contribution in [0.25, 0.3) is 0 Å². The molecular formula is C9H11BrN2O4S. The second kappa shape index (κ2) is 4.61. The lowest BCUT2D eigenvalue weighted by atomic mass is 10.2. The van der Waals surface area contributed by atoms with Crippen molar-refractivity contribution in [3.63, 3.8) is 0 Å². The van der Waals surface area contributed by atoms with Crippen molar-refractivity contribution in [2.45, 2.75) is 6.92 Å². The highest BCUT2D eigenvalue weighted by Crippen LogP contribution is 2.34. The summed E-state index contributed by atoms with van der Waals surface area (Å²) in [5.41, 5.74) is 0.468. The van der Waals surface area contributed by atoms with Crippen LogP contribution in [0.3, 0.4) is 0 Å². The number of nitro benzene ring substituents is 1. The van der Waals surface area contributed by atoms with Gasteiger partial charge in [-0.05, 0) is 18.6 Å². The van der Waals surface area contributed by atoms with E-state index in [1.165, 1.54) is 19.2 Å². The first-order chi connectivity index (χ1) is 7.64. The molecule has 0 amide bonds. The summed E-state index contributed by atoms with van der Waals surface area (Å²) in [5.74, 6) is 0. The Morgan fingerprint density at radius 3 is 2.35 bits per heavy atom. The van der Waals surface area contributed by atoms with Crippen LogP contribution in [0.5, 0.6) is 0 Å². The van der Waals surface area contributed by atoms with Gasteiger partial charge in [0.1, 0.15) is 5.69 Å². The van der Waals surface area contributed by atoms with Gasteiger partial charge < -0.3 is 0 Å². The van der Waals surface area contributed by atoms with Crippen molar-refractivity contribution in [3.8, 4) is 0 Å². The van der Waals surface area contributed by atoms with Crippen LogP contribution in [-0.2, 0) is 10.0 Å². The summed E-state index contributed by atoms with van der Waals surface area (Å²) in [7, 11) is -2.26. The third-order valence-corrected chi connectivity index (χ3v) is 4.34. The highest BCUT2D eigenvalue weighted by molar-refractivity contribution is 9.10. The molecule has 0 aliphatic rings. The number of rotatable bonds is 3. The number of halogens is 1.